The summed E-state index contributed by atoms with van der Waals surface area (Å²) in [4.78, 5) is 41.4. The Hall–Kier alpha value is -2.74. The van der Waals surface area contributed by atoms with Crippen LogP contribution in [0.4, 0.5) is 5.00 Å². The molecule has 2 aromatic heterocycles. The average Bonchev–Trinajstić information content (AvgIpc) is 2.97. The minimum absolute atomic E-state index is 0.190. The number of nitrogens with one attached hydrogen (secondary N) is 1. The van der Waals surface area contributed by atoms with E-state index in [9.17, 15) is 19.5 Å². The lowest BCUT2D eigenvalue weighted by Crippen LogP contribution is -2.19. The third kappa shape index (κ3) is 4.00. The molecule has 142 valence electrons. The van der Waals surface area contributed by atoms with Gasteiger partial charge in [-0.15, -0.1) is 11.3 Å². The number of anilines is 1. The number of methoxy groups -OCH3 is 1. The van der Waals surface area contributed by atoms with Crippen molar-refractivity contribution in [1.82, 2.24) is 4.98 Å². The number of fused-ring (bicyclic) bond motifs is 1. The summed E-state index contributed by atoms with van der Waals surface area (Å²) in [6.07, 6.45) is 7.22. The van der Waals surface area contributed by atoms with Crippen LogP contribution in [0.1, 0.15) is 67.3 Å². The molecule has 1 aliphatic rings. The number of aryl methyl sites for hydroxylation is 1. The summed E-state index contributed by atoms with van der Waals surface area (Å²) in [6, 6.07) is 2.77. The Morgan fingerprint density at radius 3 is 2.63 bits per heavy atom. The third-order valence-corrected chi connectivity index (χ3v) is 5.75. The molecule has 2 heterocycles. The Bertz CT molecular complexity index is 890. The van der Waals surface area contributed by atoms with Crippen LogP contribution in [0.5, 0.6) is 0 Å². The van der Waals surface area contributed by atoms with Gasteiger partial charge in [-0.1, -0.05) is 12.8 Å². The second-order valence-corrected chi connectivity index (χ2v) is 7.38. The maximum Gasteiger partial charge on any atom is 0.341 e. The molecule has 0 unspecified atom stereocenters. The number of carbonyl (C=O) groups excluding carboxylic acids is 2. The van der Waals surface area contributed by atoms with Crippen LogP contribution >= 0.6 is 11.3 Å². The van der Waals surface area contributed by atoms with Gasteiger partial charge in [0.25, 0.3) is 5.91 Å². The largest absolute Gasteiger partial charge is 0.478 e. The molecule has 0 atom stereocenters. The highest BCUT2D eigenvalue weighted by molar-refractivity contribution is 7.17. The van der Waals surface area contributed by atoms with E-state index in [1.807, 2.05) is 0 Å². The van der Waals surface area contributed by atoms with E-state index < -0.39 is 17.8 Å². The molecule has 0 saturated heterocycles. The number of carboxylic acid groups (broad SMARTS) is 1. The fourth-order valence-corrected chi connectivity index (χ4v) is 4.52. The molecule has 1 aliphatic carbocycles. The number of hydrogen-bond acceptors (Lipinski definition) is 6. The van der Waals surface area contributed by atoms with Gasteiger partial charge >= 0.3 is 11.9 Å². The van der Waals surface area contributed by atoms with Gasteiger partial charge in [-0.25, -0.2) is 9.59 Å². The van der Waals surface area contributed by atoms with E-state index in [2.05, 4.69) is 10.3 Å². The SMILES string of the molecule is COC(=O)c1c(NC(=O)c2ncccc2C(=O)O)sc2c1CCCCCC2. The van der Waals surface area contributed by atoms with E-state index in [1.165, 1.54) is 36.8 Å². The van der Waals surface area contributed by atoms with Crippen LogP contribution in [0.25, 0.3) is 0 Å². The first-order chi connectivity index (χ1) is 13.0. The molecule has 0 radical (unpaired) electrons. The summed E-state index contributed by atoms with van der Waals surface area (Å²) in [7, 11) is 1.31. The van der Waals surface area contributed by atoms with Crippen LogP contribution in [0.15, 0.2) is 18.3 Å². The first-order valence-electron chi connectivity index (χ1n) is 8.75. The highest BCUT2D eigenvalue weighted by atomic mass is 32.1. The molecular formula is C19H20N2O5S. The zero-order chi connectivity index (χ0) is 19.4. The summed E-state index contributed by atoms with van der Waals surface area (Å²) in [5, 5.41) is 12.3. The summed E-state index contributed by atoms with van der Waals surface area (Å²) >= 11 is 1.36. The number of aromatic nitrogens is 1. The minimum atomic E-state index is -1.24. The van der Waals surface area contributed by atoms with E-state index in [4.69, 9.17) is 4.74 Å². The highest BCUT2D eigenvalue weighted by Crippen LogP contribution is 2.37. The summed E-state index contributed by atoms with van der Waals surface area (Å²) < 4.78 is 4.93. The van der Waals surface area contributed by atoms with Crippen LogP contribution in [0.2, 0.25) is 0 Å². The van der Waals surface area contributed by atoms with Crippen LogP contribution in [0.3, 0.4) is 0 Å². The zero-order valence-corrected chi connectivity index (χ0v) is 15.7. The third-order valence-electron chi connectivity index (χ3n) is 4.54. The molecule has 0 spiro atoms. The molecule has 1 amide bonds. The van der Waals surface area contributed by atoms with Crippen molar-refractivity contribution in [3.63, 3.8) is 0 Å². The topological polar surface area (TPSA) is 106 Å². The Kier molecular flexibility index (Phi) is 5.85. The molecule has 0 aliphatic heterocycles. The average molecular weight is 388 g/mol. The number of nitrogens with zero attached hydrogens (tertiary/aromatic N) is 1. The standard InChI is InChI=1S/C19H20N2O5S/c1-26-19(25)14-11-7-4-2-3-5-9-13(11)27-17(14)21-16(22)15-12(18(23)24)8-6-10-20-15/h6,8,10H,2-5,7,9H2,1H3,(H,21,22)(H,23,24). The van der Waals surface area contributed by atoms with Gasteiger partial charge in [0.2, 0.25) is 0 Å². The van der Waals surface area contributed by atoms with E-state index in [0.29, 0.717) is 10.6 Å². The second-order valence-electron chi connectivity index (χ2n) is 6.27. The smallest absolute Gasteiger partial charge is 0.341 e. The molecule has 8 heteroatoms. The van der Waals surface area contributed by atoms with E-state index in [0.717, 1.165) is 49.0 Å². The maximum absolute atomic E-state index is 12.7. The number of esters is 1. The zero-order valence-electron chi connectivity index (χ0n) is 14.9. The number of carboxylic acids is 1. The second kappa shape index (κ2) is 8.30. The number of amides is 1. The lowest BCUT2D eigenvalue weighted by atomic mass is 9.96. The van der Waals surface area contributed by atoms with Gasteiger partial charge in [0.15, 0.2) is 0 Å². The first-order valence-corrected chi connectivity index (χ1v) is 9.57. The fraction of sp³-hybridized carbons (Fsp3) is 0.368. The van der Waals surface area contributed by atoms with Crippen molar-refractivity contribution in [2.24, 2.45) is 0 Å². The predicted octanol–water partition coefficient (Wildman–Crippen LogP) is 3.54. The van der Waals surface area contributed by atoms with Gasteiger partial charge in [-0.2, -0.15) is 0 Å². The van der Waals surface area contributed by atoms with Crippen LogP contribution in [-0.2, 0) is 17.6 Å². The maximum atomic E-state index is 12.7. The van der Waals surface area contributed by atoms with Gasteiger partial charge in [0, 0.05) is 11.1 Å². The van der Waals surface area contributed by atoms with Gasteiger partial charge in [-0.3, -0.25) is 9.78 Å². The van der Waals surface area contributed by atoms with Crippen molar-refractivity contribution < 1.29 is 24.2 Å². The number of ether oxygens (including phenoxy) is 1. The van der Waals surface area contributed by atoms with Gasteiger partial charge in [0.1, 0.15) is 10.7 Å². The quantitative estimate of drug-likeness (QED) is 0.776. The van der Waals surface area contributed by atoms with Crippen LogP contribution < -0.4 is 5.32 Å². The van der Waals surface area contributed by atoms with Gasteiger partial charge < -0.3 is 15.2 Å². The molecule has 3 rings (SSSR count). The summed E-state index contributed by atoms with van der Waals surface area (Å²) in [5.74, 6) is -2.39. The molecule has 2 aromatic rings. The van der Waals surface area contributed by atoms with Gasteiger partial charge in [0.05, 0.1) is 18.2 Å². The first kappa shape index (κ1) is 19.0. The van der Waals surface area contributed by atoms with Crippen molar-refractivity contribution in [1.29, 1.82) is 0 Å². The van der Waals surface area contributed by atoms with Crippen molar-refractivity contribution in [3.05, 3.63) is 45.6 Å². The molecule has 7 nitrogen and oxygen atoms in total. The van der Waals surface area contributed by atoms with Gasteiger partial charge in [-0.05, 0) is 43.4 Å². The summed E-state index contributed by atoms with van der Waals surface area (Å²) in [6.45, 7) is 0. The Balaban J connectivity index is 1.99. The number of pyridine rings is 1. The summed E-state index contributed by atoms with van der Waals surface area (Å²) in [5.41, 5.74) is 0.924. The van der Waals surface area contributed by atoms with E-state index in [1.54, 1.807) is 0 Å². The molecular weight excluding hydrogens is 368 g/mol. The fourth-order valence-electron chi connectivity index (χ4n) is 3.25. The number of thiophene rings is 1. The minimum Gasteiger partial charge on any atom is -0.478 e. The Labute approximate surface area is 160 Å². The number of aromatic carboxylic acids is 1. The Morgan fingerprint density at radius 1 is 1.19 bits per heavy atom. The van der Waals surface area contributed by atoms with Crippen molar-refractivity contribution in [2.75, 3.05) is 12.4 Å². The molecule has 0 saturated carbocycles. The number of rotatable bonds is 4. The molecule has 27 heavy (non-hydrogen) atoms. The molecule has 0 aromatic carbocycles. The molecule has 0 bridgehead atoms. The molecule has 2 N–H and O–H groups in total. The van der Waals surface area contributed by atoms with E-state index >= 15 is 0 Å². The normalized spacial score (nSPS) is 13.8. The number of hydrogen-bond donors (Lipinski definition) is 2. The lowest BCUT2D eigenvalue weighted by molar-refractivity contribution is 0.0600. The highest BCUT2D eigenvalue weighted by Gasteiger charge is 2.27. The Morgan fingerprint density at radius 2 is 1.93 bits per heavy atom. The molecule has 0 fully saturated rings. The van der Waals surface area contributed by atoms with Crippen molar-refractivity contribution in [3.8, 4) is 0 Å². The lowest BCUT2D eigenvalue weighted by Gasteiger charge is -2.11. The van der Waals surface area contributed by atoms with Crippen LogP contribution in [-0.4, -0.2) is 35.0 Å². The predicted molar refractivity (Wildman–Crippen MR) is 101 cm³/mol. The van der Waals surface area contributed by atoms with E-state index in [-0.39, 0.29) is 11.3 Å². The van der Waals surface area contributed by atoms with Crippen molar-refractivity contribution in [2.45, 2.75) is 38.5 Å². The monoisotopic (exact) mass is 388 g/mol. The van der Waals surface area contributed by atoms with Crippen LogP contribution in [0, 0.1) is 0 Å². The van der Waals surface area contributed by atoms with Crippen molar-refractivity contribution >= 4 is 34.2 Å². The number of carbonyl (C=O) groups is 3.